The van der Waals surface area contributed by atoms with E-state index in [4.69, 9.17) is 21.1 Å². The summed E-state index contributed by atoms with van der Waals surface area (Å²) in [7, 11) is 1.60. The van der Waals surface area contributed by atoms with E-state index in [0.29, 0.717) is 23.7 Å². The maximum Gasteiger partial charge on any atom is 0.251 e. The molecule has 2 aromatic rings. The van der Waals surface area contributed by atoms with E-state index in [-0.39, 0.29) is 5.91 Å². The van der Waals surface area contributed by atoms with Crippen LogP contribution in [0.15, 0.2) is 42.5 Å². The Morgan fingerprint density at radius 1 is 1.12 bits per heavy atom. The van der Waals surface area contributed by atoms with Crippen LogP contribution in [0.25, 0.3) is 0 Å². The largest absolute Gasteiger partial charge is 0.496 e. The minimum absolute atomic E-state index is 0.0908. The van der Waals surface area contributed by atoms with E-state index in [0.717, 1.165) is 29.9 Å². The fraction of sp³-hybridized carbons (Fsp3) is 0.316. The van der Waals surface area contributed by atoms with Crippen molar-refractivity contribution >= 4 is 17.5 Å². The molecule has 0 aliphatic rings. The molecule has 0 aliphatic heterocycles. The summed E-state index contributed by atoms with van der Waals surface area (Å²) in [6, 6.07) is 12.7. The summed E-state index contributed by atoms with van der Waals surface area (Å²) in [5.74, 6) is 1.43. The number of methoxy groups -OCH3 is 1. The molecule has 0 aliphatic carbocycles. The van der Waals surface area contributed by atoms with Crippen LogP contribution in [-0.4, -0.2) is 26.2 Å². The number of amides is 1. The number of nitrogens with one attached hydrogen (secondary N) is 1. The molecule has 128 valence electrons. The van der Waals surface area contributed by atoms with Crippen LogP contribution in [0, 0.1) is 6.92 Å². The second-order valence-electron chi connectivity index (χ2n) is 5.45. The molecule has 5 heteroatoms. The molecular weight excluding hydrogens is 326 g/mol. The molecule has 0 fully saturated rings. The standard InChI is InChI=1S/C19H22ClNO3/c1-14-5-6-15(13-18(14)23-2)19(22)21-11-3-4-12-24-17-9-7-16(20)8-10-17/h5-10,13H,3-4,11-12H2,1-2H3,(H,21,22). The Kier molecular flexibility index (Phi) is 6.94. The third kappa shape index (κ3) is 5.46. The normalized spacial score (nSPS) is 10.3. The van der Waals surface area contributed by atoms with Gasteiger partial charge in [0.1, 0.15) is 11.5 Å². The van der Waals surface area contributed by atoms with Gasteiger partial charge < -0.3 is 14.8 Å². The number of rotatable bonds is 8. The second kappa shape index (κ2) is 9.18. The average molecular weight is 348 g/mol. The molecule has 1 amide bonds. The first-order valence-electron chi connectivity index (χ1n) is 7.91. The smallest absolute Gasteiger partial charge is 0.251 e. The molecule has 0 aromatic heterocycles. The molecule has 0 saturated carbocycles. The highest BCUT2D eigenvalue weighted by Crippen LogP contribution is 2.19. The van der Waals surface area contributed by atoms with Crippen LogP contribution >= 0.6 is 11.6 Å². The van der Waals surface area contributed by atoms with Crippen LogP contribution in [0.4, 0.5) is 0 Å². The van der Waals surface area contributed by atoms with E-state index in [1.54, 1.807) is 31.4 Å². The molecule has 2 aromatic carbocycles. The van der Waals surface area contributed by atoms with Gasteiger partial charge in [0.2, 0.25) is 0 Å². The number of hydrogen-bond donors (Lipinski definition) is 1. The van der Waals surface area contributed by atoms with E-state index in [2.05, 4.69) is 5.32 Å². The molecule has 24 heavy (non-hydrogen) atoms. The molecule has 2 rings (SSSR count). The molecule has 0 radical (unpaired) electrons. The summed E-state index contributed by atoms with van der Waals surface area (Å²) in [6.45, 7) is 3.16. The predicted molar refractivity (Wildman–Crippen MR) is 96.2 cm³/mol. The summed E-state index contributed by atoms with van der Waals surface area (Å²) in [6.07, 6.45) is 1.71. The van der Waals surface area contributed by atoms with Gasteiger partial charge in [0.05, 0.1) is 13.7 Å². The van der Waals surface area contributed by atoms with Crippen molar-refractivity contribution in [3.63, 3.8) is 0 Å². The number of carbonyl (C=O) groups is 1. The molecule has 0 heterocycles. The van der Waals surface area contributed by atoms with Crippen LogP contribution in [0.1, 0.15) is 28.8 Å². The van der Waals surface area contributed by atoms with E-state index < -0.39 is 0 Å². The van der Waals surface area contributed by atoms with Crippen molar-refractivity contribution in [3.8, 4) is 11.5 Å². The first-order chi connectivity index (χ1) is 11.6. The van der Waals surface area contributed by atoms with Gasteiger partial charge in [0, 0.05) is 17.1 Å². The summed E-state index contributed by atoms with van der Waals surface area (Å²) in [5.41, 5.74) is 1.61. The van der Waals surface area contributed by atoms with Gasteiger partial charge in [-0.1, -0.05) is 17.7 Å². The SMILES string of the molecule is COc1cc(C(=O)NCCCCOc2ccc(Cl)cc2)ccc1C. The van der Waals surface area contributed by atoms with Crippen molar-refractivity contribution in [2.24, 2.45) is 0 Å². The van der Waals surface area contributed by atoms with Crippen LogP contribution in [-0.2, 0) is 0 Å². The maximum atomic E-state index is 12.1. The monoisotopic (exact) mass is 347 g/mol. The predicted octanol–water partition coefficient (Wildman–Crippen LogP) is 4.25. The molecule has 4 nitrogen and oxygen atoms in total. The van der Waals surface area contributed by atoms with Crippen molar-refractivity contribution in [1.29, 1.82) is 0 Å². The number of aryl methyl sites for hydroxylation is 1. The molecule has 0 spiro atoms. The van der Waals surface area contributed by atoms with Crippen molar-refractivity contribution in [2.45, 2.75) is 19.8 Å². The van der Waals surface area contributed by atoms with Gasteiger partial charge in [0.25, 0.3) is 5.91 Å². The van der Waals surface area contributed by atoms with Gasteiger partial charge >= 0.3 is 0 Å². The lowest BCUT2D eigenvalue weighted by molar-refractivity contribution is 0.0952. The van der Waals surface area contributed by atoms with Crippen molar-refractivity contribution in [2.75, 3.05) is 20.3 Å². The van der Waals surface area contributed by atoms with E-state index in [1.165, 1.54) is 0 Å². The Morgan fingerprint density at radius 2 is 1.88 bits per heavy atom. The fourth-order valence-electron chi connectivity index (χ4n) is 2.21. The quantitative estimate of drug-likeness (QED) is 0.726. The van der Waals surface area contributed by atoms with Crippen LogP contribution in [0.2, 0.25) is 5.02 Å². The second-order valence-corrected chi connectivity index (χ2v) is 5.89. The highest BCUT2D eigenvalue weighted by Gasteiger charge is 2.07. The summed E-state index contributed by atoms with van der Waals surface area (Å²) in [5, 5.41) is 3.60. The maximum absolute atomic E-state index is 12.1. The Bertz CT molecular complexity index is 671. The number of halogens is 1. The first-order valence-corrected chi connectivity index (χ1v) is 8.29. The minimum Gasteiger partial charge on any atom is -0.496 e. The number of unbranched alkanes of at least 4 members (excludes halogenated alkanes) is 1. The van der Waals surface area contributed by atoms with Crippen molar-refractivity contribution in [1.82, 2.24) is 5.32 Å². The van der Waals surface area contributed by atoms with E-state index in [1.807, 2.05) is 25.1 Å². The molecular formula is C19H22ClNO3. The van der Waals surface area contributed by atoms with Crippen LogP contribution in [0.5, 0.6) is 11.5 Å². The summed E-state index contributed by atoms with van der Waals surface area (Å²) >= 11 is 5.82. The lowest BCUT2D eigenvalue weighted by Gasteiger charge is -2.09. The van der Waals surface area contributed by atoms with Crippen LogP contribution < -0.4 is 14.8 Å². The van der Waals surface area contributed by atoms with Crippen LogP contribution in [0.3, 0.4) is 0 Å². The average Bonchev–Trinajstić information content (AvgIpc) is 2.59. The Labute approximate surface area is 147 Å². The zero-order valence-corrected chi connectivity index (χ0v) is 14.7. The van der Waals surface area contributed by atoms with E-state index >= 15 is 0 Å². The first kappa shape index (κ1) is 18.1. The number of hydrogen-bond acceptors (Lipinski definition) is 3. The van der Waals surface area contributed by atoms with Gasteiger partial charge in [-0.2, -0.15) is 0 Å². The summed E-state index contributed by atoms with van der Waals surface area (Å²) < 4.78 is 10.8. The van der Waals surface area contributed by atoms with Crippen molar-refractivity contribution in [3.05, 3.63) is 58.6 Å². The number of carbonyl (C=O) groups excluding carboxylic acids is 1. The Morgan fingerprint density at radius 3 is 2.58 bits per heavy atom. The van der Waals surface area contributed by atoms with Gasteiger partial charge in [-0.3, -0.25) is 4.79 Å². The zero-order chi connectivity index (χ0) is 17.4. The topological polar surface area (TPSA) is 47.6 Å². The molecule has 0 bridgehead atoms. The minimum atomic E-state index is -0.0908. The lowest BCUT2D eigenvalue weighted by Crippen LogP contribution is -2.24. The Balaban J connectivity index is 1.66. The highest BCUT2D eigenvalue weighted by atomic mass is 35.5. The zero-order valence-electron chi connectivity index (χ0n) is 14.0. The van der Waals surface area contributed by atoms with Gasteiger partial charge in [-0.25, -0.2) is 0 Å². The number of ether oxygens (including phenoxy) is 2. The molecule has 0 saturated heterocycles. The molecule has 0 atom stereocenters. The van der Waals surface area contributed by atoms with Gasteiger partial charge in [0.15, 0.2) is 0 Å². The third-order valence-corrected chi connectivity index (χ3v) is 3.86. The fourth-order valence-corrected chi connectivity index (χ4v) is 2.34. The molecule has 0 unspecified atom stereocenters. The van der Waals surface area contributed by atoms with Crippen molar-refractivity contribution < 1.29 is 14.3 Å². The summed E-state index contributed by atoms with van der Waals surface area (Å²) in [4.78, 5) is 12.1. The Hall–Kier alpha value is -2.20. The van der Waals surface area contributed by atoms with E-state index in [9.17, 15) is 4.79 Å². The number of benzene rings is 2. The van der Waals surface area contributed by atoms with Gasteiger partial charge in [-0.15, -0.1) is 0 Å². The lowest BCUT2D eigenvalue weighted by atomic mass is 10.1. The van der Waals surface area contributed by atoms with Gasteiger partial charge in [-0.05, 0) is 61.7 Å². The molecule has 1 N–H and O–H groups in total. The third-order valence-electron chi connectivity index (χ3n) is 3.61. The highest BCUT2D eigenvalue weighted by molar-refractivity contribution is 6.30.